The van der Waals surface area contributed by atoms with Gasteiger partial charge in [-0.3, -0.25) is 14.2 Å². The molecule has 0 unspecified atom stereocenters. The van der Waals surface area contributed by atoms with Gasteiger partial charge in [-0.05, 0) is 46.2 Å². The summed E-state index contributed by atoms with van der Waals surface area (Å²) in [6, 6.07) is 7.42. The fourth-order valence-electron chi connectivity index (χ4n) is 3.06. The van der Waals surface area contributed by atoms with Crippen molar-refractivity contribution in [3.05, 3.63) is 34.6 Å². The van der Waals surface area contributed by atoms with Crippen LogP contribution in [0.5, 0.6) is 0 Å². The Bertz CT molecular complexity index is 809. The van der Waals surface area contributed by atoms with Crippen LogP contribution < -0.4 is 5.56 Å². The van der Waals surface area contributed by atoms with E-state index in [1.54, 1.807) is 22.8 Å². The zero-order valence-electron chi connectivity index (χ0n) is 15.8. The SMILES string of the molecule is CC(C)N(C(=O)CSc1nc2ccccc2c(=O)n1CCCO)C(C)C. The molecular weight excluding hydrogens is 350 g/mol. The molecule has 6 nitrogen and oxygen atoms in total. The summed E-state index contributed by atoms with van der Waals surface area (Å²) in [6.07, 6.45) is 0.464. The van der Waals surface area contributed by atoms with Gasteiger partial charge in [0.25, 0.3) is 5.56 Å². The largest absolute Gasteiger partial charge is 0.396 e. The number of thioether (sulfide) groups is 1. The summed E-state index contributed by atoms with van der Waals surface area (Å²) in [5, 5.41) is 10.2. The quantitative estimate of drug-likeness (QED) is 0.565. The Labute approximate surface area is 158 Å². The van der Waals surface area contributed by atoms with Crippen LogP contribution in [0.25, 0.3) is 10.9 Å². The van der Waals surface area contributed by atoms with Gasteiger partial charge in [-0.2, -0.15) is 0 Å². The van der Waals surface area contributed by atoms with Crippen LogP contribution in [0, 0.1) is 0 Å². The van der Waals surface area contributed by atoms with Crippen LogP contribution in [0.4, 0.5) is 0 Å². The molecule has 0 aliphatic heterocycles. The van der Waals surface area contributed by atoms with Crippen LogP contribution in [0.2, 0.25) is 0 Å². The van der Waals surface area contributed by atoms with Gasteiger partial charge in [0.2, 0.25) is 5.91 Å². The molecule has 26 heavy (non-hydrogen) atoms. The number of aliphatic hydroxyl groups excluding tert-OH is 1. The highest BCUT2D eigenvalue weighted by atomic mass is 32.2. The molecule has 1 aromatic carbocycles. The summed E-state index contributed by atoms with van der Waals surface area (Å²) in [5.74, 6) is 0.247. The zero-order valence-corrected chi connectivity index (χ0v) is 16.6. The topological polar surface area (TPSA) is 75.4 Å². The van der Waals surface area contributed by atoms with Crippen molar-refractivity contribution in [2.24, 2.45) is 0 Å². The summed E-state index contributed by atoms with van der Waals surface area (Å²) in [4.78, 5) is 31.8. The summed E-state index contributed by atoms with van der Waals surface area (Å²) >= 11 is 1.28. The lowest BCUT2D eigenvalue weighted by molar-refractivity contribution is -0.131. The first-order valence-corrected chi connectivity index (χ1v) is 9.89. The van der Waals surface area contributed by atoms with Crippen LogP contribution in [0.1, 0.15) is 34.1 Å². The minimum absolute atomic E-state index is 0.00319. The maximum absolute atomic E-state index is 12.8. The number of aliphatic hydroxyl groups is 1. The van der Waals surface area contributed by atoms with E-state index >= 15 is 0 Å². The summed E-state index contributed by atoms with van der Waals surface area (Å²) in [6.45, 7) is 8.35. The third kappa shape index (κ3) is 4.65. The van der Waals surface area contributed by atoms with Crippen molar-refractivity contribution < 1.29 is 9.90 Å². The van der Waals surface area contributed by atoms with Crippen molar-refractivity contribution in [3.8, 4) is 0 Å². The third-order valence-electron chi connectivity index (χ3n) is 4.09. The highest BCUT2D eigenvalue weighted by Gasteiger charge is 2.21. The predicted molar refractivity (Wildman–Crippen MR) is 106 cm³/mol. The Morgan fingerprint density at radius 2 is 1.88 bits per heavy atom. The number of amides is 1. The number of carbonyl (C=O) groups excluding carboxylic acids is 1. The lowest BCUT2D eigenvalue weighted by atomic mass is 10.2. The van der Waals surface area contributed by atoms with Crippen LogP contribution in [0.3, 0.4) is 0 Å². The van der Waals surface area contributed by atoms with Crippen LogP contribution in [-0.4, -0.2) is 49.9 Å². The molecule has 1 aromatic heterocycles. The van der Waals surface area contributed by atoms with Gasteiger partial charge in [0.15, 0.2) is 5.16 Å². The van der Waals surface area contributed by atoms with E-state index in [-0.39, 0.29) is 35.9 Å². The molecule has 1 N–H and O–H groups in total. The number of hydrogen-bond acceptors (Lipinski definition) is 5. The van der Waals surface area contributed by atoms with Crippen molar-refractivity contribution in [2.45, 2.75) is 57.9 Å². The standard InChI is InChI=1S/C19H27N3O3S/c1-13(2)22(14(3)4)17(24)12-26-19-20-16-9-6-5-8-15(16)18(25)21(19)10-7-11-23/h5-6,8-9,13-14,23H,7,10-12H2,1-4H3. The molecule has 0 spiro atoms. The first-order valence-electron chi connectivity index (χ1n) is 8.91. The summed E-state index contributed by atoms with van der Waals surface area (Å²) < 4.78 is 1.56. The van der Waals surface area contributed by atoms with Crippen LogP contribution in [0.15, 0.2) is 34.2 Å². The predicted octanol–water partition coefficient (Wildman–Crippen LogP) is 2.52. The van der Waals surface area contributed by atoms with E-state index in [4.69, 9.17) is 5.11 Å². The Balaban J connectivity index is 2.32. The Morgan fingerprint density at radius 1 is 1.23 bits per heavy atom. The molecule has 1 heterocycles. The van der Waals surface area contributed by atoms with Gasteiger partial charge in [0.1, 0.15) is 0 Å². The third-order valence-corrected chi connectivity index (χ3v) is 5.05. The number of hydrogen-bond donors (Lipinski definition) is 1. The normalized spacial score (nSPS) is 11.5. The van der Waals surface area contributed by atoms with E-state index in [1.807, 2.05) is 38.7 Å². The van der Waals surface area contributed by atoms with Crippen LogP contribution >= 0.6 is 11.8 Å². The van der Waals surface area contributed by atoms with E-state index in [0.717, 1.165) is 0 Å². The molecule has 0 saturated carbocycles. The van der Waals surface area contributed by atoms with Crippen LogP contribution in [-0.2, 0) is 11.3 Å². The van der Waals surface area contributed by atoms with Gasteiger partial charge < -0.3 is 10.0 Å². The fraction of sp³-hybridized carbons (Fsp3) is 0.526. The lowest BCUT2D eigenvalue weighted by Gasteiger charge is -2.30. The second-order valence-electron chi connectivity index (χ2n) is 6.72. The number of fused-ring (bicyclic) bond motifs is 1. The average Bonchev–Trinajstić information content (AvgIpc) is 2.58. The minimum atomic E-state index is -0.136. The Hall–Kier alpha value is -1.86. The van der Waals surface area contributed by atoms with E-state index in [1.165, 1.54) is 11.8 Å². The Morgan fingerprint density at radius 3 is 2.50 bits per heavy atom. The number of carbonyl (C=O) groups is 1. The van der Waals surface area contributed by atoms with Crippen molar-refractivity contribution in [2.75, 3.05) is 12.4 Å². The monoisotopic (exact) mass is 377 g/mol. The first-order chi connectivity index (χ1) is 12.4. The number of rotatable bonds is 8. The van der Waals surface area contributed by atoms with Crippen molar-refractivity contribution >= 4 is 28.6 Å². The number of aromatic nitrogens is 2. The molecule has 0 aliphatic rings. The molecule has 0 bridgehead atoms. The molecule has 0 radical (unpaired) electrons. The van der Waals surface area contributed by atoms with E-state index in [2.05, 4.69) is 4.98 Å². The molecule has 142 valence electrons. The summed E-state index contributed by atoms with van der Waals surface area (Å²) in [5.41, 5.74) is 0.487. The molecule has 0 fully saturated rings. The first kappa shape index (κ1) is 20.5. The van der Waals surface area contributed by atoms with E-state index in [9.17, 15) is 9.59 Å². The Kier molecular flexibility index (Phi) is 7.23. The molecule has 2 rings (SSSR count). The van der Waals surface area contributed by atoms with Gasteiger partial charge >= 0.3 is 0 Å². The summed E-state index contributed by atoms with van der Waals surface area (Å²) in [7, 11) is 0. The van der Waals surface area contributed by atoms with Gasteiger partial charge in [-0.15, -0.1) is 0 Å². The number of benzene rings is 1. The maximum atomic E-state index is 12.8. The van der Waals surface area contributed by atoms with Gasteiger partial charge in [0, 0.05) is 25.2 Å². The molecule has 0 aliphatic carbocycles. The molecule has 0 saturated heterocycles. The zero-order chi connectivity index (χ0) is 19.3. The second-order valence-corrected chi connectivity index (χ2v) is 7.67. The van der Waals surface area contributed by atoms with Gasteiger partial charge in [-0.1, -0.05) is 23.9 Å². The van der Waals surface area contributed by atoms with E-state index < -0.39 is 0 Å². The second kappa shape index (κ2) is 9.19. The van der Waals surface area contributed by atoms with Gasteiger partial charge in [0.05, 0.1) is 16.7 Å². The molecule has 7 heteroatoms. The van der Waals surface area contributed by atoms with Crippen molar-refractivity contribution in [1.82, 2.24) is 14.5 Å². The highest BCUT2D eigenvalue weighted by molar-refractivity contribution is 7.99. The molecule has 0 atom stereocenters. The highest BCUT2D eigenvalue weighted by Crippen LogP contribution is 2.20. The maximum Gasteiger partial charge on any atom is 0.262 e. The smallest absolute Gasteiger partial charge is 0.262 e. The van der Waals surface area contributed by atoms with Crippen molar-refractivity contribution in [3.63, 3.8) is 0 Å². The molecule has 2 aromatic rings. The molecular formula is C19H27N3O3S. The van der Waals surface area contributed by atoms with Crippen molar-refractivity contribution in [1.29, 1.82) is 0 Å². The van der Waals surface area contributed by atoms with E-state index in [0.29, 0.717) is 29.0 Å². The fourth-order valence-corrected chi connectivity index (χ4v) is 3.95. The molecule has 1 amide bonds. The van der Waals surface area contributed by atoms with Gasteiger partial charge in [-0.25, -0.2) is 4.98 Å². The minimum Gasteiger partial charge on any atom is -0.396 e. The lowest BCUT2D eigenvalue weighted by Crippen LogP contribution is -2.43. The number of para-hydroxylation sites is 1. The number of nitrogens with zero attached hydrogens (tertiary/aromatic N) is 3. The average molecular weight is 378 g/mol.